The second-order valence-electron chi connectivity index (χ2n) is 4.16. The quantitative estimate of drug-likeness (QED) is 0.821. The lowest BCUT2D eigenvalue weighted by atomic mass is 10.2. The molecule has 0 radical (unpaired) electrons. The third-order valence-electron chi connectivity index (χ3n) is 2.82. The van der Waals surface area contributed by atoms with Crippen LogP contribution in [-0.4, -0.2) is 18.3 Å². The van der Waals surface area contributed by atoms with E-state index >= 15 is 0 Å². The van der Waals surface area contributed by atoms with E-state index in [0.29, 0.717) is 5.88 Å². The van der Waals surface area contributed by atoms with Crippen molar-refractivity contribution in [1.29, 1.82) is 0 Å². The number of rotatable bonds is 6. The van der Waals surface area contributed by atoms with Gasteiger partial charge in [0, 0.05) is 30.2 Å². The molecule has 4 heteroatoms. The Morgan fingerprint density at radius 3 is 2.32 bits per heavy atom. The minimum Gasteiger partial charge on any atom is -0.481 e. The number of pyridine rings is 1. The summed E-state index contributed by atoms with van der Waals surface area (Å²) < 4.78 is 5.03. The number of ether oxygens (including phenoxy) is 1. The van der Waals surface area contributed by atoms with Gasteiger partial charge in [-0.3, -0.25) is 0 Å². The van der Waals surface area contributed by atoms with Gasteiger partial charge < -0.3 is 10.1 Å². The molecular formula is C15H18N2OS. The Balaban J connectivity index is 1.81. The minimum atomic E-state index is 0.649. The Hall–Kier alpha value is -1.52. The fraction of sp³-hybridized carbons (Fsp3) is 0.267. The largest absolute Gasteiger partial charge is 0.481 e. The van der Waals surface area contributed by atoms with Gasteiger partial charge in [0.15, 0.2) is 0 Å². The molecule has 19 heavy (non-hydrogen) atoms. The summed E-state index contributed by atoms with van der Waals surface area (Å²) in [6.07, 6.45) is 3.92. The number of methoxy groups -OCH3 is 1. The molecule has 0 saturated heterocycles. The number of nitrogens with zero attached hydrogens (tertiary/aromatic N) is 1. The molecule has 1 aromatic carbocycles. The van der Waals surface area contributed by atoms with Gasteiger partial charge in [0.2, 0.25) is 5.88 Å². The molecule has 1 heterocycles. The number of benzene rings is 1. The molecule has 0 atom stereocenters. The predicted molar refractivity (Wildman–Crippen MR) is 79.6 cm³/mol. The maximum atomic E-state index is 5.03. The lowest BCUT2D eigenvalue weighted by Gasteiger charge is -2.06. The zero-order chi connectivity index (χ0) is 13.5. The first kappa shape index (κ1) is 13.9. The van der Waals surface area contributed by atoms with E-state index in [4.69, 9.17) is 4.74 Å². The van der Waals surface area contributed by atoms with Crippen molar-refractivity contribution in [3.63, 3.8) is 0 Å². The highest BCUT2D eigenvalue weighted by molar-refractivity contribution is 7.98. The van der Waals surface area contributed by atoms with E-state index in [-0.39, 0.29) is 0 Å². The molecule has 0 aliphatic heterocycles. The fourth-order valence-electron chi connectivity index (χ4n) is 1.73. The van der Waals surface area contributed by atoms with E-state index in [1.54, 1.807) is 18.9 Å². The molecule has 0 amide bonds. The second-order valence-corrected chi connectivity index (χ2v) is 5.04. The van der Waals surface area contributed by atoms with Crippen LogP contribution in [0.3, 0.4) is 0 Å². The third-order valence-corrected chi connectivity index (χ3v) is 3.57. The van der Waals surface area contributed by atoms with E-state index in [2.05, 4.69) is 40.8 Å². The number of nitrogens with one attached hydrogen (secondary N) is 1. The first-order chi connectivity index (χ1) is 9.31. The molecule has 1 aromatic heterocycles. The molecule has 0 fully saturated rings. The zero-order valence-electron chi connectivity index (χ0n) is 11.2. The smallest absolute Gasteiger partial charge is 0.212 e. The minimum absolute atomic E-state index is 0.649. The number of hydrogen-bond donors (Lipinski definition) is 1. The van der Waals surface area contributed by atoms with E-state index in [1.165, 1.54) is 10.5 Å². The van der Waals surface area contributed by atoms with Gasteiger partial charge in [-0.05, 0) is 29.5 Å². The molecule has 2 rings (SSSR count). The lowest BCUT2D eigenvalue weighted by molar-refractivity contribution is 0.397. The van der Waals surface area contributed by atoms with Crippen molar-refractivity contribution in [2.75, 3.05) is 13.4 Å². The average Bonchev–Trinajstić information content (AvgIpc) is 2.49. The molecule has 0 unspecified atom stereocenters. The Morgan fingerprint density at radius 1 is 1.05 bits per heavy atom. The maximum absolute atomic E-state index is 5.03. The summed E-state index contributed by atoms with van der Waals surface area (Å²) >= 11 is 1.76. The van der Waals surface area contributed by atoms with Crippen molar-refractivity contribution < 1.29 is 4.74 Å². The molecule has 0 bridgehead atoms. The molecule has 100 valence electrons. The molecule has 2 aromatic rings. The van der Waals surface area contributed by atoms with Gasteiger partial charge >= 0.3 is 0 Å². The Bertz CT molecular complexity index is 449. The van der Waals surface area contributed by atoms with Crippen molar-refractivity contribution in [2.24, 2.45) is 0 Å². The van der Waals surface area contributed by atoms with Gasteiger partial charge in [-0.25, -0.2) is 4.98 Å². The highest BCUT2D eigenvalue weighted by Gasteiger charge is 1.97. The van der Waals surface area contributed by atoms with Gasteiger partial charge in [0.05, 0.1) is 7.11 Å². The van der Waals surface area contributed by atoms with Crippen LogP contribution in [0.15, 0.2) is 47.5 Å². The summed E-state index contributed by atoms with van der Waals surface area (Å²) in [5.41, 5.74) is 2.45. The second kappa shape index (κ2) is 7.16. The molecule has 0 aliphatic carbocycles. The van der Waals surface area contributed by atoms with Gasteiger partial charge in [-0.1, -0.05) is 18.2 Å². The van der Waals surface area contributed by atoms with Crippen LogP contribution in [0.1, 0.15) is 11.1 Å². The topological polar surface area (TPSA) is 34.1 Å². The van der Waals surface area contributed by atoms with Crippen molar-refractivity contribution in [1.82, 2.24) is 10.3 Å². The standard InChI is InChI=1S/C15H18N2OS/c1-18-15-8-5-13(11-17-15)10-16-9-12-3-6-14(19-2)7-4-12/h3-8,11,16H,9-10H2,1-2H3. The first-order valence-electron chi connectivity index (χ1n) is 6.14. The molecule has 1 N–H and O–H groups in total. The van der Waals surface area contributed by atoms with Gasteiger partial charge in [-0.15, -0.1) is 11.8 Å². The number of aromatic nitrogens is 1. The van der Waals surface area contributed by atoms with Gasteiger partial charge in [0.1, 0.15) is 0 Å². The van der Waals surface area contributed by atoms with E-state index in [9.17, 15) is 0 Å². The van der Waals surface area contributed by atoms with Gasteiger partial charge in [0.25, 0.3) is 0 Å². The lowest BCUT2D eigenvalue weighted by Crippen LogP contribution is -2.12. The number of hydrogen-bond acceptors (Lipinski definition) is 4. The van der Waals surface area contributed by atoms with Crippen molar-refractivity contribution >= 4 is 11.8 Å². The summed E-state index contributed by atoms with van der Waals surface area (Å²) in [4.78, 5) is 5.48. The predicted octanol–water partition coefficient (Wildman–Crippen LogP) is 3.10. The van der Waals surface area contributed by atoms with Crippen LogP contribution in [0.5, 0.6) is 5.88 Å². The van der Waals surface area contributed by atoms with Crippen LogP contribution in [-0.2, 0) is 13.1 Å². The third kappa shape index (κ3) is 4.26. The van der Waals surface area contributed by atoms with E-state index in [0.717, 1.165) is 18.7 Å². The number of thioether (sulfide) groups is 1. The summed E-state index contributed by atoms with van der Waals surface area (Å²) in [6.45, 7) is 1.67. The van der Waals surface area contributed by atoms with Crippen LogP contribution in [0.4, 0.5) is 0 Å². The van der Waals surface area contributed by atoms with Crippen LogP contribution < -0.4 is 10.1 Å². The summed E-state index contributed by atoms with van der Waals surface area (Å²) in [5, 5.41) is 3.41. The summed E-state index contributed by atoms with van der Waals surface area (Å²) in [6, 6.07) is 12.5. The van der Waals surface area contributed by atoms with Gasteiger partial charge in [-0.2, -0.15) is 0 Å². The van der Waals surface area contributed by atoms with Crippen LogP contribution in [0.2, 0.25) is 0 Å². The van der Waals surface area contributed by atoms with Crippen molar-refractivity contribution in [3.8, 4) is 5.88 Å². The van der Waals surface area contributed by atoms with Crippen molar-refractivity contribution in [2.45, 2.75) is 18.0 Å². The van der Waals surface area contributed by atoms with E-state index in [1.807, 2.05) is 18.3 Å². The Labute approximate surface area is 118 Å². The SMILES string of the molecule is COc1ccc(CNCc2ccc(SC)cc2)cn1. The Morgan fingerprint density at radius 2 is 1.74 bits per heavy atom. The molecule has 0 aliphatic rings. The molecule has 0 spiro atoms. The summed E-state index contributed by atoms with van der Waals surface area (Å²) in [7, 11) is 1.62. The van der Waals surface area contributed by atoms with Crippen LogP contribution in [0, 0.1) is 0 Å². The summed E-state index contributed by atoms with van der Waals surface area (Å²) in [5.74, 6) is 0.649. The highest BCUT2D eigenvalue weighted by atomic mass is 32.2. The molecule has 0 saturated carbocycles. The average molecular weight is 274 g/mol. The highest BCUT2D eigenvalue weighted by Crippen LogP contribution is 2.14. The first-order valence-corrected chi connectivity index (χ1v) is 7.37. The normalized spacial score (nSPS) is 10.4. The fourth-order valence-corrected chi connectivity index (χ4v) is 2.14. The van der Waals surface area contributed by atoms with E-state index < -0.39 is 0 Å². The van der Waals surface area contributed by atoms with Crippen LogP contribution >= 0.6 is 11.8 Å². The molecular weight excluding hydrogens is 256 g/mol. The maximum Gasteiger partial charge on any atom is 0.212 e. The molecule has 3 nitrogen and oxygen atoms in total. The Kier molecular flexibility index (Phi) is 5.24. The monoisotopic (exact) mass is 274 g/mol. The van der Waals surface area contributed by atoms with Crippen LogP contribution in [0.25, 0.3) is 0 Å². The van der Waals surface area contributed by atoms with Crippen molar-refractivity contribution in [3.05, 3.63) is 53.7 Å². The zero-order valence-corrected chi connectivity index (χ0v) is 12.0.